The van der Waals surface area contributed by atoms with Crippen molar-refractivity contribution in [1.82, 2.24) is 4.90 Å². The molecule has 0 saturated carbocycles. The summed E-state index contributed by atoms with van der Waals surface area (Å²) >= 11 is 0. The van der Waals surface area contributed by atoms with Gasteiger partial charge in [0.15, 0.2) is 0 Å². The summed E-state index contributed by atoms with van der Waals surface area (Å²) in [4.78, 5) is 13.8. The molecule has 1 heterocycles. The van der Waals surface area contributed by atoms with Crippen LogP contribution in [0.3, 0.4) is 0 Å². The van der Waals surface area contributed by atoms with Crippen molar-refractivity contribution in [2.75, 3.05) is 26.8 Å². The topological polar surface area (TPSA) is 29.5 Å². The Balaban J connectivity index is 2.38. The maximum Gasteiger partial charge on any atom is 0.141 e. The molecule has 1 fully saturated rings. The lowest BCUT2D eigenvalue weighted by Crippen LogP contribution is -2.40. The van der Waals surface area contributed by atoms with Crippen LogP contribution in [0, 0.1) is 5.92 Å². The minimum absolute atomic E-state index is 0.0998. The molecule has 0 N–H and O–H groups in total. The SMILES string of the molecule is CCC(C)N(C)CC1COCCC1=O. The molecular formula is C11H21NO2. The second-order valence-corrected chi connectivity index (χ2v) is 4.18. The molecule has 0 spiro atoms. The molecule has 1 aliphatic heterocycles. The summed E-state index contributed by atoms with van der Waals surface area (Å²) in [6.45, 7) is 6.42. The molecule has 1 rings (SSSR count). The van der Waals surface area contributed by atoms with Crippen molar-refractivity contribution in [2.24, 2.45) is 5.92 Å². The van der Waals surface area contributed by atoms with E-state index in [1.54, 1.807) is 0 Å². The molecule has 14 heavy (non-hydrogen) atoms. The van der Waals surface area contributed by atoms with E-state index in [-0.39, 0.29) is 5.92 Å². The number of rotatable bonds is 4. The van der Waals surface area contributed by atoms with Crippen LogP contribution in [0.15, 0.2) is 0 Å². The third kappa shape index (κ3) is 3.07. The van der Waals surface area contributed by atoms with Crippen molar-refractivity contribution in [1.29, 1.82) is 0 Å². The van der Waals surface area contributed by atoms with Gasteiger partial charge < -0.3 is 9.64 Å². The molecule has 0 aromatic heterocycles. The van der Waals surface area contributed by atoms with Crippen molar-refractivity contribution < 1.29 is 9.53 Å². The fourth-order valence-electron chi connectivity index (χ4n) is 1.69. The fourth-order valence-corrected chi connectivity index (χ4v) is 1.69. The monoisotopic (exact) mass is 199 g/mol. The van der Waals surface area contributed by atoms with E-state index in [4.69, 9.17) is 4.74 Å². The first kappa shape index (κ1) is 11.7. The quantitative estimate of drug-likeness (QED) is 0.684. The predicted molar refractivity (Wildman–Crippen MR) is 56.3 cm³/mol. The average molecular weight is 199 g/mol. The van der Waals surface area contributed by atoms with Gasteiger partial charge in [-0.3, -0.25) is 4.79 Å². The van der Waals surface area contributed by atoms with Gasteiger partial charge in [-0.05, 0) is 20.4 Å². The zero-order chi connectivity index (χ0) is 10.6. The molecule has 3 nitrogen and oxygen atoms in total. The van der Waals surface area contributed by atoms with Gasteiger partial charge >= 0.3 is 0 Å². The predicted octanol–water partition coefficient (Wildman–Crippen LogP) is 1.32. The molecule has 0 bridgehead atoms. The van der Waals surface area contributed by atoms with E-state index >= 15 is 0 Å². The van der Waals surface area contributed by atoms with Crippen LogP contribution in [0.25, 0.3) is 0 Å². The molecule has 2 unspecified atom stereocenters. The number of nitrogens with zero attached hydrogens (tertiary/aromatic N) is 1. The number of carbonyl (C=O) groups excluding carboxylic acids is 1. The van der Waals surface area contributed by atoms with Gasteiger partial charge in [-0.15, -0.1) is 0 Å². The number of ether oxygens (including phenoxy) is 1. The fraction of sp³-hybridized carbons (Fsp3) is 0.909. The third-order valence-electron chi connectivity index (χ3n) is 3.12. The Bertz CT molecular complexity index is 194. The Labute approximate surface area is 86.4 Å². The van der Waals surface area contributed by atoms with E-state index in [1.165, 1.54) is 0 Å². The standard InChI is InChI=1S/C11H21NO2/c1-4-9(2)12(3)7-10-8-14-6-5-11(10)13/h9-10H,4-8H2,1-3H3. The normalized spacial score (nSPS) is 25.4. The lowest BCUT2D eigenvalue weighted by atomic mass is 9.99. The number of hydrogen-bond acceptors (Lipinski definition) is 3. The van der Waals surface area contributed by atoms with Crippen LogP contribution < -0.4 is 0 Å². The van der Waals surface area contributed by atoms with Crippen molar-refractivity contribution in [3.05, 3.63) is 0 Å². The van der Waals surface area contributed by atoms with Gasteiger partial charge in [0.05, 0.1) is 19.1 Å². The largest absolute Gasteiger partial charge is 0.380 e. The Kier molecular flexibility index (Phi) is 4.55. The first-order chi connectivity index (χ1) is 6.65. The molecule has 0 aromatic carbocycles. The van der Waals surface area contributed by atoms with E-state index in [1.807, 2.05) is 0 Å². The highest BCUT2D eigenvalue weighted by Gasteiger charge is 2.24. The molecule has 0 amide bonds. The van der Waals surface area contributed by atoms with Gasteiger partial charge in [-0.1, -0.05) is 6.92 Å². The van der Waals surface area contributed by atoms with Gasteiger partial charge in [-0.25, -0.2) is 0 Å². The average Bonchev–Trinajstić information content (AvgIpc) is 2.20. The molecular weight excluding hydrogens is 178 g/mol. The molecule has 82 valence electrons. The molecule has 0 aliphatic carbocycles. The van der Waals surface area contributed by atoms with Crippen molar-refractivity contribution in [3.8, 4) is 0 Å². The van der Waals surface area contributed by atoms with Crippen molar-refractivity contribution in [3.63, 3.8) is 0 Å². The summed E-state index contributed by atoms with van der Waals surface area (Å²) in [6, 6.07) is 0.546. The molecule has 3 heteroatoms. The number of hydrogen-bond donors (Lipinski definition) is 0. The number of Topliss-reactive ketones (excluding diaryl/α,β-unsaturated/α-hetero) is 1. The van der Waals surface area contributed by atoms with Crippen molar-refractivity contribution in [2.45, 2.75) is 32.7 Å². The Hall–Kier alpha value is -0.410. The minimum Gasteiger partial charge on any atom is -0.380 e. The maximum atomic E-state index is 11.5. The van der Waals surface area contributed by atoms with Crippen LogP contribution in [0.5, 0.6) is 0 Å². The highest BCUT2D eigenvalue weighted by atomic mass is 16.5. The molecule has 1 aliphatic rings. The van der Waals surface area contributed by atoms with Crippen LogP contribution in [0.2, 0.25) is 0 Å². The zero-order valence-corrected chi connectivity index (χ0v) is 9.45. The van der Waals surface area contributed by atoms with E-state index in [2.05, 4.69) is 25.8 Å². The van der Waals surface area contributed by atoms with E-state index in [0.29, 0.717) is 31.5 Å². The Morgan fingerprint density at radius 2 is 2.36 bits per heavy atom. The summed E-state index contributed by atoms with van der Waals surface area (Å²) in [5.41, 5.74) is 0. The van der Waals surface area contributed by atoms with E-state index in [0.717, 1.165) is 13.0 Å². The second-order valence-electron chi connectivity index (χ2n) is 4.18. The first-order valence-electron chi connectivity index (χ1n) is 5.45. The summed E-state index contributed by atoms with van der Waals surface area (Å²) in [7, 11) is 2.08. The molecule has 1 saturated heterocycles. The van der Waals surface area contributed by atoms with Crippen LogP contribution >= 0.6 is 0 Å². The smallest absolute Gasteiger partial charge is 0.141 e. The van der Waals surface area contributed by atoms with Gasteiger partial charge in [0.2, 0.25) is 0 Å². The lowest BCUT2D eigenvalue weighted by molar-refractivity contribution is -0.131. The Morgan fingerprint density at radius 1 is 1.64 bits per heavy atom. The lowest BCUT2D eigenvalue weighted by Gasteiger charge is -2.29. The van der Waals surface area contributed by atoms with Gasteiger partial charge in [0.25, 0.3) is 0 Å². The highest BCUT2D eigenvalue weighted by molar-refractivity contribution is 5.82. The third-order valence-corrected chi connectivity index (χ3v) is 3.12. The molecule has 0 radical (unpaired) electrons. The van der Waals surface area contributed by atoms with Gasteiger partial charge in [0.1, 0.15) is 5.78 Å². The van der Waals surface area contributed by atoms with Crippen LogP contribution in [-0.2, 0) is 9.53 Å². The van der Waals surface area contributed by atoms with Crippen LogP contribution in [0.4, 0.5) is 0 Å². The Morgan fingerprint density at radius 3 is 2.93 bits per heavy atom. The summed E-state index contributed by atoms with van der Waals surface area (Å²) in [6.07, 6.45) is 1.72. The summed E-state index contributed by atoms with van der Waals surface area (Å²) < 4.78 is 5.32. The minimum atomic E-state index is 0.0998. The highest BCUT2D eigenvalue weighted by Crippen LogP contribution is 2.12. The van der Waals surface area contributed by atoms with E-state index in [9.17, 15) is 4.79 Å². The summed E-state index contributed by atoms with van der Waals surface area (Å²) in [5.74, 6) is 0.467. The number of carbonyl (C=O) groups is 1. The van der Waals surface area contributed by atoms with Gasteiger partial charge in [-0.2, -0.15) is 0 Å². The molecule has 0 aromatic rings. The van der Waals surface area contributed by atoms with Gasteiger partial charge in [0, 0.05) is 19.0 Å². The summed E-state index contributed by atoms with van der Waals surface area (Å²) in [5, 5.41) is 0. The van der Waals surface area contributed by atoms with Crippen LogP contribution in [-0.4, -0.2) is 43.5 Å². The first-order valence-corrected chi connectivity index (χ1v) is 5.45. The number of ketones is 1. The molecule has 2 atom stereocenters. The maximum absolute atomic E-state index is 11.5. The second kappa shape index (κ2) is 5.47. The van der Waals surface area contributed by atoms with Crippen LogP contribution in [0.1, 0.15) is 26.7 Å². The zero-order valence-electron chi connectivity index (χ0n) is 9.45. The van der Waals surface area contributed by atoms with Crippen molar-refractivity contribution >= 4 is 5.78 Å². The van der Waals surface area contributed by atoms with E-state index < -0.39 is 0 Å².